The van der Waals surface area contributed by atoms with Gasteiger partial charge in [0.15, 0.2) is 6.10 Å². The summed E-state index contributed by atoms with van der Waals surface area (Å²) in [6.45, 7) is 7.40. The summed E-state index contributed by atoms with van der Waals surface area (Å²) in [6.07, 6.45) is -0.649. The van der Waals surface area contributed by atoms with Crippen molar-refractivity contribution in [3.8, 4) is 11.5 Å². The quantitative estimate of drug-likeness (QED) is 0.644. The van der Waals surface area contributed by atoms with Crippen molar-refractivity contribution in [2.45, 2.75) is 39.9 Å². The maximum Gasteiger partial charge on any atom is 0.336 e. The van der Waals surface area contributed by atoms with Crippen LogP contribution in [0.2, 0.25) is 0 Å². The summed E-state index contributed by atoms with van der Waals surface area (Å²) in [7, 11) is 0. The first-order valence-electron chi connectivity index (χ1n) is 9.10. The van der Waals surface area contributed by atoms with E-state index in [2.05, 4.69) is 5.32 Å². The van der Waals surface area contributed by atoms with E-state index in [1.165, 1.54) is 6.07 Å². The van der Waals surface area contributed by atoms with E-state index < -0.39 is 11.7 Å². The van der Waals surface area contributed by atoms with Gasteiger partial charge in [0.2, 0.25) is 0 Å². The van der Waals surface area contributed by atoms with Crippen LogP contribution in [-0.2, 0) is 4.79 Å². The zero-order valence-electron chi connectivity index (χ0n) is 16.3. The molecule has 28 heavy (non-hydrogen) atoms. The number of benzene rings is 2. The van der Waals surface area contributed by atoms with Crippen molar-refractivity contribution in [2.75, 3.05) is 5.32 Å². The van der Waals surface area contributed by atoms with E-state index in [1.54, 1.807) is 49.4 Å². The van der Waals surface area contributed by atoms with Gasteiger partial charge < -0.3 is 19.2 Å². The van der Waals surface area contributed by atoms with Gasteiger partial charge in [0, 0.05) is 23.2 Å². The van der Waals surface area contributed by atoms with E-state index in [9.17, 15) is 9.59 Å². The van der Waals surface area contributed by atoms with Crippen LogP contribution in [0.3, 0.4) is 0 Å². The third kappa shape index (κ3) is 4.71. The summed E-state index contributed by atoms with van der Waals surface area (Å²) < 4.78 is 16.5. The molecule has 0 saturated heterocycles. The largest absolute Gasteiger partial charge is 0.491 e. The molecule has 1 aromatic heterocycles. The number of aryl methyl sites for hydroxylation is 1. The van der Waals surface area contributed by atoms with Gasteiger partial charge in [0.25, 0.3) is 5.91 Å². The molecule has 0 aliphatic rings. The Morgan fingerprint density at radius 1 is 0.964 bits per heavy atom. The van der Waals surface area contributed by atoms with Crippen molar-refractivity contribution in [3.05, 3.63) is 64.5 Å². The van der Waals surface area contributed by atoms with Crippen LogP contribution in [-0.4, -0.2) is 18.1 Å². The Kier molecular flexibility index (Phi) is 5.68. The summed E-state index contributed by atoms with van der Waals surface area (Å²) in [5, 5.41) is 3.63. The highest BCUT2D eigenvalue weighted by molar-refractivity contribution is 5.94. The number of hydrogen-bond acceptors (Lipinski definition) is 5. The third-order valence-corrected chi connectivity index (χ3v) is 4.10. The Morgan fingerprint density at radius 3 is 2.32 bits per heavy atom. The molecular formula is C22H23NO5. The fourth-order valence-electron chi connectivity index (χ4n) is 2.77. The van der Waals surface area contributed by atoms with E-state index in [0.29, 0.717) is 17.0 Å². The van der Waals surface area contributed by atoms with Gasteiger partial charge in [-0.25, -0.2) is 4.79 Å². The van der Waals surface area contributed by atoms with Crippen molar-refractivity contribution >= 4 is 22.6 Å². The fourth-order valence-corrected chi connectivity index (χ4v) is 2.77. The molecule has 1 heterocycles. The predicted octanol–water partition coefficient (Wildman–Crippen LogP) is 4.29. The average Bonchev–Trinajstić information content (AvgIpc) is 2.62. The first-order valence-corrected chi connectivity index (χ1v) is 9.10. The Hall–Kier alpha value is -3.28. The normalized spacial score (nSPS) is 12.0. The summed E-state index contributed by atoms with van der Waals surface area (Å²) >= 11 is 0. The van der Waals surface area contributed by atoms with Gasteiger partial charge in [-0.15, -0.1) is 0 Å². The van der Waals surface area contributed by atoms with Gasteiger partial charge in [-0.2, -0.15) is 0 Å². The van der Waals surface area contributed by atoms with Crippen molar-refractivity contribution in [3.63, 3.8) is 0 Å². The molecule has 3 rings (SSSR count). The molecule has 0 saturated carbocycles. The number of carbonyl (C=O) groups is 1. The summed E-state index contributed by atoms with van der Waals surface area (Å²) in [4.78, 5) is 24.0. The molecule has 0 fully saturated rings. The zero-order chi connectivity index (χ0) is 20.3. The van der Waals surface area contributed by atoms with E-state index in [4.69, 9.17) is 13.9 Å². The molecule has 2 aromatic carbocycles. The van der Waals surface area contributed by atoms with Crippen molar-refractivity contribution in [2.24, 2.45) is 0 Å². The number of hydrogen-bond donors (Lipinski definition) is 1. The lowest BCUT2D eigenvalue weighted by Gasteiger charge is -2.15. The predicted molar refractivity (Wildman–Crippen MR) is 108 cm³/mol. The highest BCUT2D eigenvalue weighted by Crippen LogP contribution is 2.23. The average molecular weight is 381 g/mol. The summed E-state index contributed by atoms with van der Waals surface area (Å²) in [5.74, 6) is 0.901. The van der Waals surface area contributed by atoms with Crippen molar-refractivity contribution in [1.82, 2.24) is 0 Å². The highest BCUT2D eigenvalue weighted by Gasteiger charge is 2.16. The minimum absolute atomic E-state index is 0.0871. The van der Waals surface area contributed by atoms with Gasteiger partial charge in [-0.3, -0.25) is 4.79 Å². The lowest BCUT2D eigenvalue weighted by atomic mass is 10.1. The van der Waals surface area contributed by atoms with Crippen LogP contribution in [0.4, 0.5) is 5.69 Å². The van der Waals surface area contributed by atoms with Crippen LogP contribution in [0, 0.1) is 6.92 Å². The zero-order valence-corrected chi connectivity index (χ0v) is 16.3. The Balaban J connectivity index is 1.67. The number of rotatable bonds is 6. The summed E-state index contributed by atoms with van der Waals surface area (Å²) in [6, 6.07) is 13.8. The standard InChI is InChI=1S/C22H23NO5/c1-13(2)26-17-7-5-16(6-8-17)23-22(25)15(4)27-18-9-10-19-14(3)11-21(24)28-20(19)12-18/h5-13,15H,1-4H3,(H,23,25). The molecule has 0 spiro atoms. The molecule has 3 aromatic rings. The van der Waals surface area contributed by atoms with E-state index in [0.717, 1.165) is 16.7 Å². The molecule has 1 unspecified atom stereocenters. The maximum absolute atomic E-state index is 12.4. The molecule has 1 amide bonds. The second kappa shape index (κ2) is 8.17. The molecule has 0 bridgehead atoms. The third-order valence-electron chi connectivity index (χ3n) is 4.10. The van der Waals surface area contributed by atoms with Crippen LogP contribution in [0.1, 0.15) is 26.3 Å². The monoisotopic (exact) mass is 381 g/mol. The number of ether oxygens (including phenoxy) is 2. The van der Waals surface area contributed by atoms with Gasteiger partial charge in [-0.05, 0) is 69.7 Å². The number of nitrogens with one attached hydrogen (secondary N) is 1. The SMILES string of the molecule is Cc1cc(=O)oc2cc(OC(C)C(=O)Nc3ccc(OC(C)C)cc3)ccc12. The molecule has 0 aliphatic heterocycles. The second-order valence-corrected chi connectivity index (χ2v) is 6.85. The number of anilines is 1. The van der Waals surface area contributed by atoms with Crippen molar-refractivity contribution in [1.29, 1.82) is 0 Å². The first kappa shape index (κ1) is 19.5. The molecular weight excluding hydrogens is 358 g/mol. The number of carbonyl (C=O) groups excluding carboxylic acids is 1. The maximum atomic E-state index is 12.4. The lowest BCUT2D eigenvalue weighted by Crippen LogP contribution is -2.30. The second-order valence-electron chi connectivity index (χ2n) is 6.85. The van der Waals surface area contributed by atoms with E-state index in [-0.39, 0.29) is 12.0 Å². The molecule has 0 radical (unpaired) electrons. The van der Waals surface area contributed by atoms with E-state index >= 15 is 0 Å². The Morgan fingerprint density at radius 2 is 1.64 bits per heavy atom. The van der Waals surface area contributed by atoms with Crippen LogP contribution < -0.4 is 20.4 Å². The van der Waals surface area contributed by atoms with Crippen molar-refractivity contribution < 1.29 is 18.7 Å². The van der Waals surface area contributed by atoms with Gasteiger partial charge in [0.05, 0.1) is 6.10 Å². The Bertz CT molecular complexity index is 1040. The smallest absolute Gasteiger partial charge is 0.336 e. The molecule has 6 nitrogen and oxygen atoms in total. The van der Waals surface area contributed by atoms with Crippen LogP contribution >= 0.6 is 0 Å². The summed E-state index contributed by atoms with van der Waals surface area (Å²) in [5.41, 5.74) is 1.49. The fraction of sp³-hybridized carbons (Fsp3) is 0.273. The molecule has 1 atom stereocenters. The van der Waals surface area contributed by atoms with Gasteiger partial charge in [-0.1, -0.05) is 0 Å². The highest BCUT2D eigenvalue weighted by atomic mass is 16.5. The minimum Gasteiger partial charge on any atom is -0.491 e. The van der Waals surface area contributed by atoms with Gasteiger partial charge in [0.1, 0.15) is 17.1 Å². The topological polar surface area (TPSA) is 77.8 Å². The molecule has 146 valence electrons. The van der Waals surface area contributed by atoms with Crippen LogP contribution in [0.25, 0.3) is 11.0 Å². The van der Waals surface area contributed by atoms with E-state index in [1.807, 2.05) is 20.8 Å². The molecule has 1 N–H and O–H groups in total. The molecule has 6 heteroatoms. The number of fused-ring (bicyclic) bond motifs is 1. The first-order chi connectivity index (χ1) is 13.3. The van der Waals surface area contributed by atoms with Gasteiger partial charge >= 0.3 is 5.63 Å². The minimum atomic E-state index is -0.736. The lowest BCUT2D eigenvalue weighted by molar-refractivity contribution is -0.122. The Labute approximate surface area is 163 Å². The van der Waals surface area contributed by atoms with Crippen LogP contribution in [0.5, 0.6) is 11.5 Å². The molecule has 0 aliphatic carbocycles. The van der Waals surface area contributed by atoms with Crippen LogP contribution in [0.15, 0.2) is 57.7 Å². The number of amides is 1.